The van der Waals surface area contributed by atoms with Gasteiger partial charge in [0.25, 0.3) is 0 Å². The van der Waals surface area contributed by atoms with Crippen LogP contribution in [0.1, 0.15) is 41.0 Å². The van der Waals surface area contributed by atoms with Crippen LogP contribution in [-0.4, -0.2) is 24.2 Å². The molecule has 2 atom stereocenters. The van der Waals surface area contributed by atoms with Crippen molar-refractivity contribution in [1.29, 1.82) is 0 Å². The van der Waals surface area contributed by atoms with Crippen LogP contribution in [0.25, 0.3) is 0 Å². The summed E-state index contributed by atoms with van der Waals surface area (Å²) >= 11 is 0. The van der Waals surface area contributed by atoms with E-state index in [1.54, 1.807) is 20.8 Å². The summed E-state index contributed by atoms with van der Waals surface area (Å²) in [5.74, 6) is -1.95. The Bertz CT molecular complexity index is 249. The van der Waals surface area contributed by atoms with Crippen LogP contribution in [0.3, 0.4) is 0 Å². The fraction of sp³-hybridized carbons (Fsp3) is 0.909. The Hall–Kier alpha value is -0.610. The molecule has 1 aliphatic rings. The molecule has 0 radical (unpaired) electrons. The summed E-state index contributed by atoms with van der Waals surface area (Å²) in [6, 6.07) is 0. The van der Waals surface area contributed by atoms with E-state index in [1.165, 1.54) is 0 Å². The molecule has 0 aromatic rings. The topological polar surface area (TPSA) is 44.8 Å². The molecule has 1 aliphatic heterocycles. The van der Waals surface area contributed by atoms with Crippen molar-refractivity contribution in [2.75, 3.05) is 6.61 Å². The summed E-state index contributed by atoms with van der Waals surface area (Å²) < 4.78 is 16.2. The zero-order chi connectivity index (χ0) is 11.7. The molecule has 1 fully saturated rings. The van der Waals surface area contributed by atoms with Gasteiger partial charge >= 0.3 is 5.97 Å². The minimum absolute atomic E-state index is 0.103. The van der Waals surface area contributed by atoms with Gasteiger partial charge in [0.2, 0.25) is 5.79 Å². The lowest BCUT2D eigenvalue weighted by molar-refractivity contribution is -0.240. The number of hydrogen-bond donors (Lipinski definition) is 0. The van der Waals surface area contributed by atoms with Gasteiger partial charge in [0.15, 0.2) is 5.79 Å². The number of carbonyl (C=O) groups excluding carboxylic acids is 1. The van der Waals surface area contributed by atoms with Crippen molar-refractivity contribution in [1.82, 2.24) is 0 Å². The van der Waals surface area contributed by atoms with Gasteiger partial charge in [-0.2, -0.15) is 0 Å². The highest BCUT2D eigenvalue weighted by atomic mass is 16.8. The van der Waals surface area contributed by atoms with E-state index in [2.05, 4.69) is 0 Å². The Morgan fingerprint density at radius 1 is 1.47 bits per heavy atom. The molecular formula is C11H20O4. The van der Waals surface area contributed by atoms with E-state index in [-0.39, 0.29) is 18.5 Å². The number of rotatable bonds is 3. The fourth-order valence-corrected chi connectivity index (χ4v) is 1.41. The summed E-state index contributed by atoms with van der Waals surface area (Å²) in [5.41, 5.74) is 0. The van der Waals surface area contributed by atoms with E-state index in [1.807, 2.05) is 13.8 Å². The van der Waals surface area contributed by atoms with Crippen LogP contribution in [0, 0.1) is 5.92 Å². The second-order valence-corrected chi connectivity index (χ2v) is 4.65. The Balaban J connectivity index is 2.55. The summed E-state index contributed by atoms with van der Waals surface area (Å²) in [4.78, 5) is 11.6. The van der Waals surface area contributed by atoms with Gasteiger partial charge in [-0.3, -0.25) is 4.79 Å². The van der Waals surface area contributed by atoms with Crippen LogP contribution >= 0.6 is 0 Å². The number of hydrogen-bond acceptors (Lipinski definition) is 4. The van der Waals surface area contributed by atoms with E-state index in [4.69, 9.17) is 14.2 Å². The zero-order valence-electron chi connectivity index (χ0n) is 10.1. The van der Waals surface area contributed by atoms with Crippen molar-refractivity contribution in [3.8, 4) is 0 Å². The summed E-state index contributed by atoms with van der Waals surface area (Å²) in [6.45, 7) is 9.39. The van der Waals surface area contributed by atoms with E-state index < -0.39 is 11.6 Å². The van der Waals surface area contributed by atoms with Gasteiger partial charge in [0.1, 0.15) is 6.61 Å². The number of esters is 1. The zero-order valence-corrected chi connectivity index (χ0v) is 10.1. The first-order valence-electron chi connectivity index (χ1n) is 5.35. The van der Waals surface area contributed by atoms with E-state index in [0.29, 0.717) is 0 Å². The normalized spacial score (nSPS) is 31.3. The third-order valence-electron chi connectivity index (χ3n) is 2.47. The molecule has 0 saturated carbocycles. The fourth-order valence-electron chi connectivity index (χ4n) is 1.41. The third kappa shape index (κ3) is 3.18. The predicted octanol–water partition coefficient (Wildman–Crippen LogP) is 2.07. The van der Waals surface area contributed by atoms with Crippen LogP contribution < -0.4 is 0 Å². The molecule has 15 heavy (non-hydrogen) atoms. The van der Waals surface area contributed by atoms with Crippen molar-refractivity contribution >= 4 is 5.97 Å². The van der Waals surface area contributed by atoms with Crippen LogP contribution in [0.4, 0.5) is 0 Å². The third-order valence-corrected chi connectivity index (χ3v) is 2.47. The Kier molecular flexibility index (Phi) is 3.41. The van der Waals surface area contributed by atoms with Gasteiger partial charge in [-0.15, -0.1) is 0 Å². The van der Waals surface area contributed by atoms with Crippen LogP contribution in [-0.2, 0) is 19.0 Å². The second-order valence-electron chi connectivity index (χ2n) is 4.65. The molecular weight excluding hydrogens is 196 g/mol. The average molecular weight is 216 g/mol. The molecule has 0 aromatic heterocycles. The maximum absolute atomic E-state index is 11.6. The molecule has 1 rings (SSSR count). The van der Waals surface area contributed by atoms with E-state index in [0.717, 1.165) is 6.42 Å². The number of ether oxygens (including phenoxy) is 3. The molecule has 4 heteroatoms. The van der Waals surface area contributed by atoms with Crippen molar-refractivity contribution in [3.63, 3.8) is 0 Å². The Morgan fingerprint density at radius 3 is 2.47 bits per heavy atom. The highest BCUT2D eigenvalue weighted by Crippen LogP contribution is 2.32. The van der Waals surface area contributed by atoms with Gasteiger partial charge < -0.3 is 14.2 Å². The van der Waals surface area contributed by atoms with E-state index in [9.17, 15) is 4.79 Å². The second kappa shape index (κ2) is 4.10. The van der Waals surface area contributed by atoms with Crippen LogP contribution in [0.15, 0.2) is 0 Å². The molecule has 1 heterocycles. The SMILES string of the molecule is CCC(C)C(=O)O[C@@]1(C)COC(C)(C)O1. The minimum Gasteiger partial charge on any atom is -0.430 e. The predicted molar refractivity (Wildman–Crippen MR) is 55.1 cm³/mol. The van der Waals surface area contributed by atoms with Gasteiger partial charge in [0, 0.05) is 6.92 Å². The Labute approximate surface area is 90.9 Å². The van der Waals surface area contributed by atoms with Gasteiger partial charge in [-0.25, -0.2) is 0 Å². The summed E-state index contributed by atoms with van der Waals surface area (Å²) in [7, 11) is 0. The maximum Gasteiger partial charge on any atom is 0.311 e. The lowest BCUT2D eigenvalue weighted by atomic mass is 10.1. The molecule has 0 bridgehead atoms. The number of carbonyl (C=O) groups is 1. The van der Waals surface area contributed by atoms with Gasteiger partial charge in [0.05, 0.1) is 5.92 Å². The maximum atomic E-state index is 11.6. The van der Waals surface area contributed by atoms with E-state index >= 15 is 0 Å². The van der Waals surface area contributed by atoms with Crippen molar-refractivity contribution in [2.45, 2.75) is 52.6 Å². The van der Waals surface area contributed by atoms with Crippen molar-refractivity contribution in [2.24, 2.45) is 5.92 Å². The smallest absolute Gasteiger partial charge is 0.311 e. The first kappa shape index (κ1) is 12.5. The Morgan fingerprint density at radius 2 is 2.07 bits per heavy atom. The summed E-state index contributed by atoms with van der Waals surface area (Å²) in [6.07, 6.45) is 0.763. The van der Waals surface area contributed by atoms with Gasteiger partial charge in [-0.1, -0.05) is 13.8 Å². The lowest BCUT2D eigenvalue weighted by Crippen LogP contribution is -2.37. The van der Waals surface area contributed by atoms with Crippen LogP contribution in [0.5, 0.6) is 0 Å². The quantitative estimate of drug-likeness (QED) is 0.677. The lowest BCUT2D eigenvalue weighted by Gasteiger charge is -2.26. The molecule has 0 spiro atoms. The molecule has 1 saturated heterocycles. The van der Waals surface area contributed by atoms with Crippen LogP contribution in [0.2, 0.25) is 0 Å². The highest BCUT2D eigenvalue weighted by molar-refractivity contribution is 5.72. The molecule has 0 amide bonds. The first-order valence-corrected chi connectivity index (χ1v) is 5.35. The molecule has 0 aliphatic carbocycles. The minimum atomic E-state index is -0.940. The monoisotopic (exact) mass is 216 g/mol. The first-order chi connectivity index (χ1) is 6.78. The highest BCUT2D eigenvalue weighted by Gasteiger charge is 2.45. The molecule has 4 nitrogen and oxygen atoms in total. The standard InChI is InChI=1S/C11H20O4/c1-6-8(2)9(12)14-11(5)7-13-10(3,4)15-11/h8H,6-7H2,1-5H3/t8?,11-/m1/s1. The van der Waals surface area contributed by atoms with Gasteiger partial charge in [-0.05, 0) is 20.3 Å². The van der Waals surface area contributed by atoms with Crippen molar-refractivity contribution < 1.29 is 19.0 Å². The molecule has 88 valence electrons. The molecule has 0 N–H and O–H groups in total. The summed E-state index contributed by atoms with van der Waals surface area (Å²) in [5, 5.41) is 0. The largest absolute Gasteiger partial charge is 0.430 e. The van der Waals surface area contributed by atoms with Crippen molar-refractivity contribution in [3.05, 3.63) is 0 Å². The average Bonchev–Trinajstić information content (AvgIpc) is 2.39. The molecule has 1 unspecified atom stereocenters. The molecule has 0 aromatic carbocycles.